The number of hydrogen-bond donors (Lipinski definition) is 2. The summed E-state index contributed by atoms with van der Waals surface area (Å²) in [6.07, 6.45) is 0. The SMILES string of the molecule is O=C(Nc1cccc([N+](=O)[O-])c1)c1cc(S(=O)(=O)Nc2cccc(F)c2)ccc1Cl. The van der Waals surface area contributed by atoms with Crippen molar-refractivity contribution in [1.82, 2.24) is 0 Å². The predicted octanol–water partition coefficient (Wildman–Crippen LogP) is 4.44. The second-order valence-electron chi connectivity index (χ2n) is 6.02. The maximum Gasteiger partial charge on any atom is 0.271 e. The number of carbonyl (C=O) groups is 1. The van der Waals surface area contributed by atoms with Crippen LogP contribution in [0.5, 0.6) is 0 Å². The van der Waals surface area contributed by atoms with Gasteiger partial charge in [-0.05, 0) is 42.5 Å². The van der Waals surface area contributed by atoms with Crippen molar-refractivity contribution >= 4 is 44.6 Å². The lowest BCUT2D eigenvalue weighted by atomic mass is 10.2. The Morgan fingerprint density at radius 1 is 1.00 bits per heavy atom. The molecule has 154 valence electrons. The first-order chi connectivity index (χ1) is 14.2. The molecule has 0 spiro atoms. The number of anilines is 2. The second-order valence-corrected chi connectivity index (χ2v) is 8.11. The van der Waals surface area contributed by atoms with Crippen LogP contribution in [0.2, 0.25) is 5.02 Å². The Hall–Kier alpha value is -3.50. The van der Waals surface area contributed by atoms with Crippen molar-refractivity contribution in [1.29, 1.82) is 0 Å². The van der Waals surface area contributed by atoms with Gasteiger partial charge in [0, 0.05) is 17.8 Å². The van der Waals surface area contributed by atoms with Crippen LogP contribution in [-0.2, 0) is 10.0 Å². The first kappa shape index (κ1) is 21.2. The number of rotatable bonds is 6. The topological polar surface area (TPSA) is 118 Å². The fourth-order valence-corrected chi connectivity index (χ4v) is 3.79. The molecule has 0 radical (unpaired) electrons. The van der Waals surface area contributed by atoms with E-state index in [9.17, 15) is 27.7 Å². The van der Waals surface area contributed by atoms with Crippen molar-refractivity contribution in [3.63, 3.8) is 0 Å². The molecule has 3 aromatic rings. The van der Waals surface area contributed by atoms with Gasteiger partial charge in [-0.25, -0.2) is 12.8 Å². The van der Waals surface area contributed by atoms with Crippen molar-refractivity contribution in [3.8, 4) is 0 Å². The first-order valence-corrected chi connectivity index (χ1v) is 10.2. The molecule has 30 heavy (non-hydrogen) atoms. The van der Waals surface area contributed by atoms with Crippen molar-refractivity contribution < 1.29 is 22.5 Å². The highest BCUT2D eigenvalue weighted by Gasteiger charge is 2.20. The fourth-order valence-electron chi connectivity index (χ4n) is 2.51. The van der Waals surface area contributed by atoms with Gasteiger partial charge in [-0.2, -0.15) is 0 Å². The van der Waals surface area contributed by atoms with E-state index in [1.165, 1.54) is 42.5 Å². The Morgan fingerprint density at radius 2 is 1.70 bits per heavy atom. The lowest BCUT2D eigenvalue weighted by molar-refractivity contribution is -0.384. The summed E-state index contributed by atoms with van der Waals surface area (Å²) in [4.78, 5) is 22.5. The Morgan fingerprint density at radius 3 is 2.40 bits per heavy atom. The molecular formula is C19H13ClFN3O5S. The van der Waals surface area contributed by atoms with Gasteiger partial charge < -0.3 is 5.32 Å². The van der Waals surface area contributed by atoms with Crippen LogP contribution >= 0.6 is 11.6 Å². The number of nitro benzene ring substituents is 1. The van der Waals surface area contributed by atoms with E-state index in [1.54, 1.807) is 0 Å². The van der Waals surface area contributed by atoms with Crippen LogP contribution in [0, 0.1) is 15.9 Å². The zero-order chi connectivity index (χ0) is 21.9. The number of hydrogen-bond acceptors (Lipinski definition) is 5. The number of nitrogens with one attached hydrogen (secondary N) is 2. The third-order valence-electron chi connectivity index (χ3n) is 3.88. The summed E-state index contributed by atoms with van der Waals surface area (Å²) in [6, 6.07) is 13.6. The first-order valence-electron chi connectivity index (χ1n) is 8.29. The van der Waals surface area contributed by atoms with Crippen LogP contribution in [0.1, 0.15) is 10.4 Å². The number of halogens is 2. The van der Waals surface area contributed by atoms with Crippen LogP contribution in [0.3, 0.4) is 0 Å². The Labute approximate surface area is 175 Å². The Bertz CT molecular complexity index is 1250. The molecule has 0 aliphatic heterocycles. The van der Waals surface area contributed by atoms with Gasteiger partial charge in [0.1, 0.15) is 5.82 Å². The smallest absolute Gasteiger partial charge is 0.271 e. The lowest BCUT2D eigenvalue weighted by Gasteiger charge is -2.11. The highest BCUT2D eigenvalue weighted by atomic mass is 35.5. The van der Waals surface area contributed by atoms with Crippen molar-refractivity contribution in [2.75, 3.05) is 10.0 Å². The van der Waals surface area contributed by atoms with E-state index in [1.807, 2.05) is 0 Å². The molecule has 0 atom stereocenters. The number of nitrogens with zero attached hydrogens (tertiary/aromatic N) is 1. The molecular weight excluding hydrogens is 437 g/mol. The molecule has 11 heteroatoms. The van der Waals surface area contributed by atoms with Gasteiger partial charge in [0.2, 0.25) is 0 Å². The Kier molecular flexibility index (Phi) is 5.99. The maximum atomic E-state index is 13.3. The third-order valence-corrected chi connectivity index (χ3v) is 5.59. The molecule has 0 fully saturated rings. The van der Waals surface area contributed by atoms with E-state index >= 15 is 0 Å². The van der Waals surface area contributed by atoms with E-state index in [4.69, 9.17) is 11.6 Å². The van der Waals surface area contributed by atoms with Crippen molar-refractivity contribution in [2.24, 2.45) is 0 Å². The van der Waals surface area contributed by atoms with E-state index in [0.29, 0.717) is 0 Å². The average molecular weight is 450 g/mol. The highest BCUT2D eigenvalue weighted by molar-refractivity contribution is 7.92. The van der Waals surface area contributed by atoms with Gasteiger partial charge in [-0.15, -0.1) is 0 Å². The van der Waals surface area contributed by atoms with Crippen LogP contribution in [0.15, 0.2) is 71.6 Å². The number of benzene rings is 3. The fraction of sp³-hybridized carbons (Fsp3) is 0. The van der Waals surface area contributed by atoms with Crippen LogP contribution in [-0.4, -0.2) is 19.2 Å². The minimum atomic E-state index is -4.14. The monoisotopic (exact) mass is 449 g/mol. The summed E-state index contributed by atoms with van der Waals surface area (Å²) >= 11 is 6.04. The minimum Gasteiger partial charge on any atom is -0.322 e. The molecule has 3 aromatic carbocycles. The third kappa shape index (κ3) is 4.91. The summed E-state index contributed by atoms with van der Waals surface area (Å²) in [7, 11) is -4.14. The lowest BCUT2D eigenvalue weighted by Crippen LogP contribution is -2.16. The summed E-state index contributed by atoms with van der Waals surface area (Å²) < 4.78 is 40.7. The maximum absolute atomic E-state index is 13.3. The van der Waals surface area contributed by atoms with Crippen molar-refractivity contribution in [2.45, 2.75) is 4.90 Å². The molecule has 0 aliphatic carbocycles. The van der Waals surface area contributed by atoms with E-state index in [-0.39, 0.29) is 32.5 Å². The van der Waals surface area contributed by atoms with Gasteiger partial charge in [0.15, 0.2) is 0 Å². The van der Waals surface area contributed by atoms with Crippen LogP contribution < -0.4 is 10.0 Å². The molecule has 0 heterocycles. The molecule has 3 rings (SSSR count). The van der Waals surface area contributed by atoms with Crippen LogP contribution in [0.4, 0.5) is 21.5 Å². The van der Waals surface area contributed by atoms with Crippen molar-refractivity contribution in [3.05, 3.63) is 93.2 Å². The molecule has 0 saturated heterocycles. The van der Waals surface area contributed by atoms with E-state index in [0.717, 1.165) is 24.3 Å². The number of nitro groups is 1. The summed E-state index contributed by atoms with van der Waals surface area (Å²) in [5.41, 5.74) is -0.247. The average Bonchev–Trinajstić information content (AvgIpc) is 2.68. The molecule has 0 aromatic heterocycles. The predicted molar refractivity (Wildman–Crippen MR) is 110 cm³/mol. The standard InChI is InChI=1S/C19H13ClFN3O5S/c20-18-8-7-16(30(28,29)23-14-5-1-3-12(21)9-14)11-17(18)19(25)22-13-4-2-6-15(10-13)24(26)27/h1-11,23H,(H,22,25). The summed E-state index contributed by atoms with van der Waals surface area (Å²) in [5.74, 6) is -1.38. The molecule has 2 N–H and O–H groups in total. The number of sulfonamides is 1. The van der Waals surface area contributed by atoms with Gasteiger partial charge >= 0.3 is 0 Å². The number of non-ortho nitro benzene ring substituents is 1. The summed E-state index contributed by atoms with van der Waals surface area (Å²) in [6.45, 7) is 0. The minimum absolute atomic E-state index is 0.00699. The molecule has 0 aliphatic rings. The van der Waals surface area contributed by atoms with E-state index in [2.05, 4.69) is 10.0 Å². The number of amides is 1. The van der Waals surface area contributed by atoms with Gasteiger partial charge in [0.05, 0.1) is 26.1 Å². The quantitative estimate of drug-likeness (QED) is 0.426. The summed E-state index contributed by atoms with van der Waals surface area (Å²) in [5, 5.41) is 13.3. The zero-order valence-corrected chi connectivity index (χ0v) is 16.6. The van der Waals surface area contributed by atoms with Gasteiger partial charge in [-0.1, -0.05) is 23.7 Å². The number of carbonyl (C=O) groups excluding carboxylic acids is 1. The molecule has 0 saturated carbocycles. The second kappa shape index (κ2) is 8.47. The normalized spacial score (nSPS) is 11.0. The van der Waals surface area contributed by atoms with Crippen LogP contribution in [0.25, 0.3) is 0 Å². The zero-order valence-electron chi connectivity index (χ0n) is 15.0. The molecule has 0 bridgehead atoms. The Balaban J connectivity index is 1.88. The highest BCUT2D eigenvalue weighted by Crippen LogP contribution is 2.25. The van der Waals surface area contributed by atoms with E-state index < -0.39 is 26.7 Å². The van der Waals surface area contributed by atoms with Gasteiger partial charge in [0.25, 0.3) is 21.6 Å². The molecule has 8 nitrogen and oxygen atoms in total. The largest absolute Gasteiger partial charge is 0.322 e. The molecule has 0 unspecified atom stereocenters. The molecule has 1 amide bonds. The van der Waals surface area contributed by atoms with Gasteiger partial charge in [-0.3, -0.25) is 19.6 Å².